The minimum atomic E-state index is -0.988. The average Bonchev–Trinajstić information content (AvgIpc) is 2.51. The Morgan fingerprint density at radius 3 is 2.82 bits per heavy atom. The molecule has 1 unspecified atom stereocenters. The normalized spacial score (nSPS) is 12.0. The van der Waals surface area contributed by atoms with Crippen LogP contribution in [0.1, 0.15) is 31.7 Å². The summed E-state index contributed by atoms with van der Waals surface area (Å²) in [5.41, 5.74) is 1.65. The highest BCUT2D eigenvalue weighted by Gasteiger charge is 2.19. The number of carbonyl (C=O) groups excluding carboxylic acids is 1. The van der Waals surface area contributed by atoms with Crippen LogP contribution in [0.2, 0.25) is 0 Å². The van der Waals surface area contributed by atoms with Gasteiger partial charge in [-0.2, -0.15) is 0 Å². The number of benzene rings is 1. The molecule has 0 aliphatic carbocycles. The van der Waals surface area contributed by atoms with Crippen LogP contribution in [-0.2, 0) is 16.0 Å². The highest BCUT2D eigenvalue weighted by molar-refractivity contribution is 5.86. The second-order valence-electron chi connectivity index (χ2n) is 5.31. The molecular weight excluding hydrogens is 280 g/mol. The molecule has 2 aromatic rings. The fourth-order valence-corrected chi connectivity index (χ4v) is 2.31. The number of amides is 1. The Balaban J connectivity index is 2.01. The number of hydrogen-bond donors (Lipinski definition) is 2. The van der Waals surface area contributed by atoms with E-state index in [0.29, 0.717) is 6.42 Å². The van der Waals surface area contributed by atoms with Gasteiger partial charge in [0.15, 0.2) is 0 Å². The molecule has 1 aromatic carbocycles. The van der Waals surface area contributed by atoms with E-state index in [0.717, 1.165) is 29.3 Å². The van der Waals surface area contributed by atoms with Crippen LogP contribution in [0.15, 0.2) is 36.5 Å². The lowest BCUT2D eigenvalue weighted by Crippen LogP contribution is -2.41. The van der Waals surface area contributed by atoms with Crippen molar-refractivity contribution in [3.05, 3.63) is 42.1 Å². The maximum atomic E-state index is 12.0. The Hall–Kier alpha value is -2.43. The molecule has 116 valence electrons. The quantitative estimate of drug-likeness (QED) is 0.823. The summed E-state index contributed by atoms with van der Waals surface area (Å²) in [6.07, 6.45) is 3.91. The third-order valence-electron chi connectivity index (χ3n) is 3.49. The lowest BCUT2D eigenvalue weighted by atomic mass is 10.1. The Morgan fingerprint density at radius 2 is 2.09 bits per heavy atom. The molecule has 2 rings (SSSR count). The predicted molar refractivity (Wildman–Crippen MR) is 84.5 cm³/mol. The smallest absolute Gasteiger partial charge is 0.326 e. The van der Waals surface area contributed by atoms with Gasteiger partial charge < -0.3 is 10.4 Å². The van der Waals surface area contributed by atoms with Gasteiger partial charge in [-0.25, -0.2) is 4.79 Å². The van der Waals surface area contributed by atoms with Gasteiger partial charge in [-0.3, -0.25) is 9.78 Å². The monoisotopic (exact) mass is 300 g/mol. The van der Waals surface area contributed by atoms with Crippen molar-refractivity contribution in [3.63, 3.8) is 0 Å². The van der Waals surface area contributed by atoms with E-state index >= 15 is 0 Å². The van der Waals surface area contributed by atoms with Crippen LogP contribution in [0.25, 0.3) is 10.9 Å². The molecule has 1 amide bonds. The number of carboxylic acid groups (broad SMARTS) is 1. The number of carboxylic acids is 1. The number of carbonyl (C=O) groups is 2. The number of aliphatic carboxylic acids is 1. The van der Waals surface area contributed by atoms with Crippen LogP contribution in [-0.4, -0.2) is 28.0 Å². The minimum absolute atomic E-state index is 0.133. The molecule has 2 N–H and O–H groups in total. The van der Waals surface area contributed by atoms with Crippen LogP contribution >= 0.6 is 0 Å². The van der Waals surface area contributed by atoms with Gasteiger partial charge in [-0.15, -0.1) is 0 Å². The van der Waals surface area contributed by atoms with Crippen LogP contribution in [0.5, 0.6) is 0 Å². The van der Waals surface area contributed by atoms with Crippen molar-refractivity contribution in [3.8, 4) is 0 Å². The van der Waals surface area contributed by atoms with Crippen LogP contribution < -0.4 is 5.32 Å². The number of rotatable bonds is 7. The largest absolute Gasteiger partial charge is 0.480 e. The van der Waals surface area contributed by atoms with Gasteiger partial charge in [0.1, 0.15) is 6.04 Å². The maximum Gasteiger partial charge on any atom is 0.326 e. The number of para-hydroxylation sites is 1. The van der Waals surface area contributed by atoms with E-state index in [9.17, 15) is 9.59 Å². The Bertz CT molecular complexity index is 670. The summed E-state index contributed by atoms with van der Waals surface area (Å²) in [6, 6.07) is 8.76. The van der Waals surface area contributed by atoms with Gasteiger partial charge in [-0.1, -0.05) is 38.0 Å². The summed E-state index contributed by atoms with van der Waals surface area (Å²) >= 11 is 0. The van der Waals surface area contributed by atoms with E-state index in [1.165, 1.54) is 0 Å². The van der Waals surface area contributed by atoms with Gasteiger partial charge in [0, 0.05) is 11.6 Å². The summed E-state index contributed by atoms with van der Waals surface area (Å²) in [7, 11) is 0. The van der Waals surface area contributed by atoms with Crippen molar-refractivity contribution < 1.29 is 14.7 Å². The van der Waals surface area contributed by atoms with Crippen molar-refractivity contribution in [1.82, 2.24) is 10.3 Å². The van der Waals surface area contributed by atoms with Crippen LogP contribution in [0.3, 0.4) is 0 Å². The molecule has 0 saturated carbocycles. The molecular formula is C17H20N2O3. The zero-order chi connectivity index (χ0) is 15.9. The SMILES string of the molecule is CCCCC(NC(=O)Cc1cnc2ccccc2c1)C(=O)O. The number of nitrogens with one attached hydrogen (secondary N) is 1. The summed E-state index contributed by atoms with van der Waals surface area (Å²) in [5.74, 6) is -1.28. The molecule has 5 heteroatoms. The molecule has 0 aliphatic heterocycles. The van der Waals surface area contributed by atoms with Crippen molar-refractivity contribution in [2.45, 2.75) is 38.6 Å². The summed E-state index contributed by atoms with van der Waals surface area (Å²) in [4.78, 5) is 27.5. The van der Waals surface area contributed by atoms with E-state index in [4.69, 9.17) is 5.11 Å². The van der Waals surface area contributed by atoms with Gasteiger partial charge in [0.05, 0.1) is 11.9 Å². The number of fused-ring (bicyclic) bond motifs is 1. The maximum absolute atomic E-state index is 12.0. The standard InChI is InChI=1S/C17H20N2O3/c1-2-3-7-15(17(21)22)19-16(20)10-12-9-13-6-4-5-8-14(13)18-11-12/h4-6,8-9,11,15H,2-3,7,10H2,1H3,(H,19,20)(H,21,22). The number of aromatic nitrogens is 1. The first-order valence-electron chi connectivity index (χ1n) is 7.46. The first-order valence-corrected chi connectivity index (χ1v) is 7.46. The van der Waals surface area contributed by atoms with Crippen molar-refractivity contribution in [2.75, 3.05) is 0 Å². The molecule has 0 saturated heterocycles. The van der Waals surface area contributed by atoms with E-state index in [-0.39, 0.29) is 12.3 Å². The van der Waals surface area contributed by atoms with Gasteiger partial charge in [-0.05, 0) is 24.1 Å². The second-order valence-corrected chi connectivity index (χ2v) is 5.31. The average molecular weight is 300 g/mol. The fraction of sp³-hybridized carbons (Fsp3) is 0.353. The zero-order valence-corrected chi connectivity index (χ0v) is 12.6. The molecule has 5 nitrogen and oxygen atoms in total. The van der Waals surface area contributed by atoms with Gasteiger partial charge in [0.25, 0.3) is 0 Å². The number of nitrogens with zero attached hydrogens (tertiary/aromatic N) is 1. The lowest BCUT2D eigenvalue weighted by molar-refractivity contribution is -0.142. The first-order chi connectivity index (χ1) is 10.6. The zero-order valence-electron chi connectivity index (χ0n) is 12.6. The van der Waals surface area contributed by atoms with Crippen molar-refractivity contribution in [1.29, 1.82) is 0 Å². The fourth-order valence-electron chi connectivity index (χ4n) is 2.31. The molecule has 0 spiro atoms. The molecule has 22 heavy (non-hydrogen) atoms. The van der Waals surface area contributed by atoms with E-state index < -0.39 is 12.0 Å². The van der Waals surface area contributed by atoms with Crippen molar-refractivity contribution >= 4 is 22.8 Å². The highest BCUT2D eigenvalue weighted by atomic mass is 16.4. The molecule has 1 aromatic heterocycles. The summed E-state index contributed by atoms with van der Waals surface area (Å²) in [5, 5.41) is 12.7. The highest BCUT2D eigenvalue weighted by Crippen LogP contribution is 2.13. The summed E-state index contributed by atoms with van der Waals surface area (Å²) < 4.78 is 0. The molecule has 1 atom stereocenters. The Labute approximate surface area is 129 Å². The number of unbranched alkanes of at least 4 members (excludes halogenated alkanes) is 1. The molecule has 0 radical (unpaired) electrons. The van der Waals surface area contributed by atoms with Crippen LogP contribution in [0.4, 0.5) is 0 Å². The number of pyridine rings is 1. The lowest BCUT2D eigenvalue weighted by Gasteiger charge is -2.14. The second kappa shape index (κ2) is 7.54. The minimum Gasteiger partial charge on any atom is -0.480 e. The predicted octanol–water partition coefficient (Wildman–Crippen LogP) is 2.54. The van der Waals surface area contributed by atoms with E-state index in [1.54, 1.807) is 6.20 Å². The number of hydrogen-bond acceptors (Lipinski definition) is 3. The van der Waals surface area contributed by atoms with E-state index in [1.807, 2.05) is 37.3 Å². The third-order valence-corrected chi connectivity index (χ3v) is 3.49. The Kier molecular flexibility index (Phi) is 5.47. The topological polar surface area (TPSA) is 79.3 Å². The summed E-state index contributed by atoms with van der Waals surface area (Å²) in [6.45, 7) is 1.99. The molecule has 1 heterocycles. The Morgan fingerprint density at radius 1 is 1.32 bits per heavy atom. The molecule has 0 bridgehead atoms. The van der Waals surface area contributed by atoms with E-state index in [2.05, 4.69) is 10.3 Å². The molecule has 0 fully saturated rings. The molecule has 0 aliphatic rings. The van der Waals surface area contributed by atoms with Gasteiger partial charge in [0.2, 0.25) is 5.91 Å². The van der Waals surface area contributed by atoms with Crippen LogP contribution in [0, 0.1) is 0 Å². The first kappa shape index (κ1) is 15.9. The third kappa shape index (κ3) is 4.28. The van der Waals surface area contributed by atoms with Gasteiger partial charge >= 0.3 is 5.97 Å². The van der Waals surface area contributed by atoms with Crippen molar-refractivity contribution in [2.24, 2.45) is 0 Å².